The van der Waals surface area contributed by atoms with Crippen LogP contribution in [0.3, 0.4) is 0 Å². The number of nitriles is 1. The third-order valence-electron chi connectivity index (χ3n) is 4.73. The van der Waals surface area contributed by atoms with Gasteiger partial charge in [-0.1, -0.05) is 12.1 Å². The van der Waals surface area contributed by atoms with Gasteiger partial charge in [-0.05, 0) is 50.2 Å². The van der Waals surface area contributed by atoms with Crippen LogP contribution in [0.15, 0.2) is 53.6 Å². The van der Waals surface area contributed by atoms with Crippen LogP contribution >= 0.6 is 0 Å². The highest BCUT2D eigenvalue weighted by molar-refractivity contribution is 5.96. The SMILES string of the molecule is COC(=O)c1ccccc1-n1c(C)cc(/C=N/NC(=O)c2ccc(C#N)cc2F)c1C. The van der Waals surface area contributed by atoms with Crippen LogP contribution in [0, 0.1) is 31.0 Å². The van der Waals surface area contributed by atoms with Gasteiger partial charge in [0.25, 0.3) is 5.91 Å². The molecule has 1 aromatic heterocycles. The molecular formula is C23H19FN4O3. The molecule has 0 radical (unpaired) electrons. The Labute approximate surface area is 178 Å². The Balaban J connectivity index is 1.85. The van der Waals surface area contributed by atoms with Gasteiger partial charge in [0.2, 0.25) is 0 Å². The van der Waals surface area contributed by atoms with E-state index in [4.69, 9.17) is 10.00 Å². The van der Waals surface area contributed by atoms with Crippen molar-refractivity contribution in [1.29, 1.82) is 5.26 Å². The summed E-state index contributed by atoms with van der Waals surface area (Å²) in [7, 11) is 1.33. The number of hydrogen-bond donors (Lipinski definition) is 1. The summed E-state index contributed by atoms with van der Waals surface area (Å²) in [4.78, 5) is 24.3. The quantitative estimate of drug-likeness (QED) is 0.389. The lowest BCUT2D eigenvalue weighted by molar-refractivity contribution is 0.0600. The Morgan fingerprint density at radius 1 is 1.16 bits per heavy atom. The first-order valence-corrected chi connectivity index (χ1v) is 9.27. The Morgan fingerprint density at radius 2 is 1.90 bits per heavy atom. The zero-order valence-electron chi connectivity index (χ0n) is 17.1. The number of hydrogen-bond acceptors (Lipinski definition) is 5. The van der Waals surface area contributed by atoms with Gasteiger partial charge in [-0.15, -0.1) is 0 Å². The molecule has 0 atom stereocenters. The number of aromatic nitrogens is 1. The number of nitrogens with one attached hydrogen (secondary N) is 1. The Kier molecular flexibility index (Phi) is 6.26. The molecule has 0 bridgehead atoms. The molecule has 8 heteroatoms. The van der Waals surface area contributed by atoms with Gasteiger partial charge in [-0.25, -0.2) is 14.6 Å². The van der Waals surface area contributed by atoms with Gasteiger partial charge >= 0.3 is 5.97 Å². The van der Waals surface area contributed by atoms with Gasteiger partial charge < -0.3 is 9.30 Å². The van der Waals surface area contributed by atoms with Crippen LogP contribution in [0.1, 0.15) is 43.2 Å². The summed E-state index contributed by atoms with van der Waals surface area (Å²) in [6.07, 6.45) is 1.44. The zero-order chi connectivity index (χ0) is 22.5. The van der Waals surface area contributed by atoms with Crippen LogP contribution in [0.2, 0.25) is 0 Å². The Bertz CT molecular complexity index is 1240. The van der Waals surface area contributed by atoms with E-state index in [1.54, 1.807) is 12.1 Å². The van der Waals surface area contributed by atoms with Crippen molar-refractivity contribution in [2.45, 2.75) is 13.8 Å². The average molecular weight is 418 g/mol. The highest BCUT2D eigenvalue weighted by Crippen LogP contribution is 2.23. The van der Waals surface area contributed by atoms with Gasteiger partial charge in [-0.2, -0.15) is 10.4 Å². The normalized spacial score (nSPS) is 10.7. The molecule has 1 heterocycles. The molecule has 0 saturated carbocycles. The van der Waals surface area contributed by atoms with Gasteiger partial charge in [0.1, 0.15) is 5.82 Å². The van der Waals surface area contributed by atoms with Crippen molar-refractivity contribution in [3.63, 3.8) is 0 Å². The highest BCUT2D eigenvalue weighted by Gasteiger charge is 2.17. The van der Waals surface area contributed by atoms with Crippen LogP contribution in [-0.2, 0) is 4.74 Å². The molecule has 0 spiro atoms. The molecule has 0 aliphatic carbocycles. The number of para-hydroxylation sites is 1. The molecular weight excluding hydrogens is 399 g/mol. The van der Waals surface area contributed by atoms with Crippen molar-refractivity contribution in [3.05, 3.63) is 88.0 Å². The van der Waals surface area contributed by atoms with Crippen LogP contribution in [0.5, 0.6) is 0 Å². The standard InChI is InChI=1S/C23H19FN4O3/c1-14-10-17(13-26-27-22(29)18-9-8-16(12-25)11-20(18)24)15(2)28(14)21-7-5-4-6-19(21)23(30)31-3/h4-11,13H,1-3H3,(H,27,29)/b26-13+. The number of carbonyl (C=O) groups is 2. The minimum absolute atomic E-state index is 0.122. The van der Waals surface area contributed by atoms with Crippen molar-refractivity contribution in [2.75, 3.05) is 7.11 Å². The van der Waals surface area contributed by atoms with Crippen LogP contribution < -0.4 is 5.43 Å². The van der Waals surface area contributed by atoms with E-state index in [2.05, 4.69) is 10.5 Å². The molecule has 2 aromatic carbocycles. The zero-order valence-corrected chi connectivity index (χ0v) is 17.1. The van der Waals surface area contributed by atoms with Crippen LogP contribution in [-0.4, -0.2) is 29.8 Å². The number of benzene rings is 2. The molecule has 7 nitrogen and oxygen atoms in total. The fourth-order valence-corrected chi connectivity index (χ4v) is 3.23. The predicted molar refractivity (Wildman–Crippen MR) is 113 cm³/mol. The fourth-order valence-electron chi connectivity index (χ4n) is 3.23. The summed E-state index contributed by atoms with van der Waals surface area (Å²) in [5.41, 5.74) is 5.61. The second kappa shape index (κ2) is 9.05. The lowest BCUT2D eigenvalue weighted by Gasteiger charge is -2.13. The van der Waals surface area contributed by atoms with Crippen molar-refractivity contribution < 1.29 is 18.7 Å². The lowest BCUT2D eigenvalue weighted by atomic mass is 10.1. The predicted octanol–water partition coefficient (Wildman–Crippen LogP) is 3.66. The third kappa shape index (κ3) is 4.36. The van der Waals surface area contributed by atoms with Crippen molar-refractivity contribution in [1.82, 2.24) is 9.99 Å². The number of carbonyl (C=O) groups excluding carboxylic acids is 2. The largest absolute Gasteiger partial charge is 0.465 e. The first-order valence-electron chi connectivity index (χ1n) is 9.27. The average Bonchev–Trinajstić information content (AvgIpc) is 3.05. The summed E-state index contributed by atoms with van der Waals surface area (Å²) < 4.78 is 20.7. The van der Waals surface area contributed by atoms with Crippen molar-refractivity contribution in [3.8, 4) is 11.8 Å². The number of ether oxygens (including phenoxy) is 1. The first kappa shape index (κ1) is 21.5. The molecule has 1 N–H and O–H groups in total. The van der Waals surface area contributed by atoms with Gasteiger partial charge in [0.05, 0.1) is 41.8 Å². The molecule has 3 rings (SSSR count). The number of hydrazone groups is 1. The summed E-state index contributed by atoms with van der Waals surface area (Å²) in [5, 5.41) is 12.7. The van der Waals surface area contributed by atoms with Crippen LogP contribution in [0.4, 0.5) is 4.39 Å². The second-order valence-corrected chi connectivity index (χ2v) is 6.68. The molecule has 31 heavy (non-hydrogen) atoms. The lowest BCUT2D eigenvalue weighted by Crippen LogP contribution is -2.19. The molecule has 0 aliphatic rings. The molecule has 0 aliphatic heterocycles. The van der Waals surface area contributed by atoms with E-state index in [-0.39, 0.29) is 11.1 Å². The topological polar surface area (TPSA) is 96.5 Å². The van der Waals surface area contributed by atoms with E-state index in [1.165, 1.54) is 25.5 Å². The number of nitrogens with zero attached hydrogens (tertiary/aromatic N) is 3. The number of methoxy groups -OCH3 is 1. The smallest absolute Gasteiger partial charge is 0.339 e. The van der Waals surface area contributed by atoms with E-state index < -0.39 is 17.7 Å². The number of amides is 1. The number of halogens is 1. The fraction of sp³-hybridized carbons (Fsp3) is 0.130. The van der Waals surface area contributed by atoms with E-state index in [0.717, 1.165) is 17.5 Å². The maximum absolute atomic E-state index is 14.0. The Hall–Kier alpha value is -4.25. The summed E-state index contributed by atoms with van der Waals surface area (Å²) in [5.74, 6) is -1.98. The molecule has 0 unspecified atom stereocenters. The Morgan fingerprint density at radius 3 is 2.58 bits per heavy atom. The summed E-state index contributed by atoms with van der Waals surface area (Å²) in [6.45, 7) is 3.73. The summed E-state index contributed by atoms with van der Waals surface area (Å²) in [6, 6.07) is 14.3. The molecule has 0 saturated heterocycles. The molecule has 0 fully saturated rings. The third-order valence-corrected chi connectivity index (χ3v) is 4.73. The van der Waals surface area contributed by atoms with E-state index in [1.807, 2.05) is 42.7 Å². The molecule has 156 valence electrons. The highest BCUT2D eigenvalue weighted by atomic mass is 19.1. The van der Waals surface area contributed by atoms with Gasteiger partial charge in [0, 0.05) is 17.0 Å². The second-order valence-electron chi connectivity index (χ2n) is 6.68. The van der Waals surface area contributed by atoms with Crippen LogP contribution in [0.25, 0.3) is 5.69 Å². The minimum atomic E-state index is -0.802. The van der Waals surface area contributed by atoms with Crippen molar-refractivity contribution >= 4 is 18.1 Å². The maximum Gasteiger partial charge on any atom is 0.339 e. The monoisotopic (exact) mass is 418 g/mol. The van der Waals surface area contributed by atoms with E-state index in [9.17, 15) is 14.0 Å². The summed E-state index contributed by atoms with van der Waals surface area (Å²) >= 11 is 0. The minimum Gasteiger partial charge on any atom is -0.465 e. The molecule has 3 aromatic rings. The van der Waals surface area contributed by atoms with Crippen molar-refractivity contribution in [2.24, 2.45) is 5.10 Å². The number of rotatable bonds is 5. The molecule has 1 amide bonds. The van der Waals surface area contributed by atoms with E-state index in [0.29, 0.717) is 16.8 Å². The first-order chi connectivity index (χ1) is 14.9. The van der Waals surface area contributed by atoms with E-state index >= 15 is 0 Å². The van der Waals surface area contributed by atoms with Gasteiger partial charge in [-0.3, -0.25) is 4.79 Å². The number of aryl methyl sites for hydroxylation is 1. The van der Waals surface area contributed by atoms with Gasteiger partial charge in [0.15, 0.2) is 0 Å². The maximum atomic E-state index is 14.0. The number of esters is 1.